The number of benzene rings is 2. The molecule has 1 fully saturated rings. The molecule has 2 aromatic carbocycles. The highest BCUT2D eigenvalue weighted by Gasteiger charge is 2.32. The van der Waals surface area contributed by atoms with Gasteiger partial charge < -0.3 is 5.32 Å². The van der Waals surface area contributed by atoms with Crippen molar-refractivity contribution in [2.24, 2.45) is 5.92 Å². The van der Waals surface area contributed by atoms with Gasteiger partial charge in [0.1, 0.15) is 0 Å². The van der Waals surface area contributed by atoms with Crippen molar-refractivity contribution >= 4 is 43.4 Å². The van der Waals surface area contributed by atoms with Crippen LogP contribution in [0.5, 0.6) is 0 Å². The Morgan fingerprint density at radius 3 is 2.37 bits per heavy atom. The van der Waals surface area contributed by atoms with Crippen LogP contribution in [0.2, 0.25) is 0 Å². The van der Waals surface area contributed by atoms with Crippen molar-refractivity contribution in [2.75, 3.05) is 18.4 Å². The summed E-state index contributed by atoms with van der Waals surface area (Å²) in [6.45, 7) is 2.95. The van der Waals surface area contributed by atoms with Crippen LogP contribution in [0, 0.1) is 23.0 Å². The van der Waals surface area contributed by atoms with Crippen LogP contribution in [-0.2, 0) is 21.4 Å². The maximum atomic E-state index is 12.9. The van der Waals surface area contributed by atoms with Gasteiger partial charge in [-0.1, -0.05) is 29.8 Å². The molecular formula is C23H24BrN5O5S. The van der Waals surface area contributed by atoms with Gasteiger partial charge in [-0.25, -0.2) is 8.42 Å². The van der Waals surface area contributed by atoms with Crippen LogP contribution in [-0.4, -0.2) is 46.4 Å². The highest BCUT2D eigenvalue weighted by Crippen LogP contribution is 2.27. The summed E-state index contributed by atoms with van der Waals surface area (Å²) in [7, 11) is -3.79. The number of hydrogen-bond acceptors (Lipinski definition) is 6. The summed E-state index contributed by atoms with van der Waals surface area (Å²) < 4.78 is 29.5. The highest BCUT2D eigenvalue weighted by molar-refractivity contribution is 9.10. The van der Waals surface area contributed by atoms with Gasteiger partial charge in [-0.05, 0) is 53.4 Å². The van der Waals surface area contributed by atoms with Crippen molar-refractivity contribution < 1.29 is 18.1 Å². The topological polar surface area (TPSA) is 127 Å². The zero-order valence-corrected chi connectivity index (χ0v) is 21.3. The summed E-state index contributed by atoms with van der Waals surface area (Å²) >= 11 is 3.44. The van der Waals surface area contributed by atoms with E-state index in [9.17, 15) is 23.3 Å². The predicted molar refractivity (Wildman–Crippen MR) is 133 cm³/mol. The first-order chi connectivity index (χ1) is 16.6. The summed E-state index contributed by atoms with van der Waals surface area (Å²) in [5.41, 5.74) is 2.09. The van der Waals surface area contributed by atoms with Crippen LogP contribution in [0.3, 0.4) is 0 Å². The Kier molecular flexibility index (Phi) is 7.33. The summed E-state index contributed by atoms with van der Waals surface area (Å²) in [4.78, 5) is 23.1. The molecule has 1 N–H and O–H groups in total. The molecule has 1 aliphatic rings. The predicted octanol–water partition coefficient (Wildman–Crippen LogP) is 3.95. The Morgan fingerprint density at radius 1 is 1.14 bits per heavy atom. The van der Waals surface area contributed by atoms with E-state index in [1.807, 2.05) is 31.2 Å². The number of nitrogens with zero attached hydrogens (tertiary/aromatic N) is 4. The second-order valence-electron chi connectivity index (χ2n) is 8.43. The monoisotopic (exact) mass is 561 g/mol. The van der Waals surface area contributed by atoms with Gasteiger partial charge in [-0.15, -0.1) is 0 Å². The minimum absolute atomic E-state index is 0.00551. The largest absolute Gasteiger partial charge is 0.308 e. The Bertz CT molecular complexity index is 1330. The number of nitro groups is 1. The maximum Gasteiger partial charge on any atom is 0.269 e. The molecule has 1 amide bonds. The molecule has 0 spiro atoms. The van der Waals surface area contributed by atoms with E-state index >= 15 is 0 Å². The first-order valence-corrected chi connectivity index (χ1v) is 13.2. The third-order valence-corrected chi connectivity index (χ3v) is 8.43. The number of anilines is 1. The summed E-state index contributed by atoms with van der Waals surface area (Å²) in [5, 5.41) is 18.1. The fourth-order valence-electron chi connectivity index (χ4n) is 3.91. The van der Waals surface area contributed by atoms with E-state index in [4.69, 9.17) is 0 Å². The van der Waals surface area contributed by atoms with Crippen LogP contribution >= 0.6 is 15.9 Å². The number of carbonyl (C=O) groups is 1. The van der Waals surface area contributed by atoms with E-state index in [0.29, 0.717) is 29.7 Å². The average molecular weight is 562 g/mol. The van der Waals surface area contributed by atoms with Crippen LogP contribution in [0.4, 0.5) is 11.5 Å². The first kappa shape index (κ1) is 25.0. The summed E-state index contributed by atoms with van der Waals surface area (Å²) in [6.07, 6.45) is 2.52. The minimum Gasteiger partial charge on any atom is -0.308 e. The van der Waals surface area contributed by atoms with Gasteiger partial charge in [0.25, 0.3) is 5.69 Å². The Hall–Kier alpha value is -3.09. The molecule has 1 aliphatic heterocycles. The molecule has 0 bridgehead atoms. The molecule has 3 aromatic rings. The van der Waals surface area contributed by atoms with Gasteiger partial charge in [-0.2, -0.15) is 9.40 Å². The molecule has 0 radical (unpaired) electrons. The SMILES string of the molecule is Cc1ccc(Cn2cc(Br)c(NC(=O)C3CCN(S(=O)(=O)c4ccc([N+](=O)[O-])cc4)CC3)n2)cc1. The number of halogens is 1. The van der Waals surface area contributed by atoms with Gasteiger partial charge in [0.15, 0.2) is 5.82 Å². The number of nitrogens with one attached hydrogen (secondary N) is 1. The number of rotatable bonds is 7. The smallest absolute Gasteiger partial charge is 0.269 e. The van der Waals surface area contributed by atoms with Crippen LogP contribution in [0.15, 0.2) is 64.1 Å². The zero-order chi connectivity index (χ0) is 25.2. The molecule has 0 unspecified atom stereocenters. The van der Waals surface area contributed by atoms with E-state index < -0.39 is 14.9 Å². The number of aromatic nitrogens is 2. The second-order valence-corrected chi connectivity index (χ2v) is 11.2. The molecule has 0 saturated carbocycles. The first-order valence-electron chi connectivity index (χ1n) is 11.0. The number of aryl methyl sites for hydroxylation is 1. The van der Waals surface area contributed by atoms with Gasteiger partial charge in [-0.3, -0.25) is 19.6 Å². The van der Waals surface area contributed by atoms with Crippen molar-refractivity contribution in [1.29, 1.82) is 0 Å². The lowest BCUT2D eigenvalue weighted by atomic mass is 9.97. The Morgan fingerprint density at radius 2 is 1.77 bits per heavy atom. The molecule has 1 saturated heterocycles. The minimum atomic E-state index is -3.79. The molecular weight excluding hydrogens is 538 g/mol. The molecule has 0 atom stereocenters. The Balaban J connectivity index is 1.35. The quantitative estimate of drug-likeness (QED) is 0.343. The molecule has 0 aliphatic carbocycles. The molecule has 1 aromatic heterocycles. The summed E-state index contributed by atoms with van der Waals surface area (Å²) in [6, 6.07) is 12.9. The number of hydrogen-bond donors (Lipinski definition) is 1. The standard InChI is InChI=1S/C23H24BrN5O5S/c1-16-2-4-17(5-3-16)14-27-15-21(24)22(26-27)25-23(30)18-10-12-28(13-11-18)35(33,34)20-8-6-19(7-9-20)29(31)32/h2-9,15,18H,10-14H2,1H3,(H,25,26,30). The van der Waals surface area contributed by atoms with Gasteiger partial charge in [0.2, 0.25) is 15.9 Å². The normalized spacial score (nSPS) is 15.1. The number of nitro benzene ring substituents is 1. The van der Waals surface area contributed by atoms with Gasteiger partial charge in [0, 0.05) is 37.3 Å². The van der Waals surface area contributed by atoms with Crippen LogP contribution in [0.1, 0.15) is 24.0 Å². The van der Waals surface area contributed by atoms with Crippen molar-refractivity contribution in [3.63, 3.8) is 0 Å². The third-order valence-electron chi connectivity index (χ3n) is 5.93. The molecule has 10 nitrogen and oxygen atoms in total. The van der Waals surface area contributed by atoms with Crippen molar-refractivity contribution in [3.05, 3.63) is 80.4 Å². The average Bonchev–Trinajstić information content (AvgIpc) is 3.18. The van der Waals surface area contributed by atoms with E-state index in [-0.39, 0.29) is 35.5 Å². The third kappa shape index (κ3) is 5.77. The highest BCUT2D eigenvalue weighted by atomic mass is 79.9. The Labute approximate surface area is 211 Å². The molecule has 4 rings (SSSR count). The van der Waals surface area contributed by atoms with Gasteiger partial charge >= 0.3 is 0 Å². The van der Waals surface area contributed by atoms with E-state index in [2.05, 4.69) is 26.3 Å². The van der Waals surface area contributed by atoms with Crippen molar-refractivity contribution in [1.82, 2.24) is 14.1 Å². The number of amides is 1. The van der Waals surface area contributed by atoms with Gasteiger partial charge in [0.05, 0.1) is 20.8 Å². The summed E-state index contributed by atoms with van der Waals surface area (Å²) in [5.74, 6) is -0.144. The number of piperidine rings is 1. The number of non-ortho nitro benzene ring substituents is 1. The molecule has 184 valence electrons. The lowest BCUT2D eigenvalue weighted by Gasteiger charge is -2.30. The second kappa shape index (κ2) is 10.3. The maximum absolute atomic E-state index is 12.9. The zero-order valence-electron chi connectivity index (χ0n) is 18.9. The fraction of sp³-hybridized carbons (Fsp3) is 0.304. The lowest BCUT2D eigenvalue weighted by Crippen LogP contribution is -2.41. The molecule has 35 heavy (non-hydrogen) atoms. The molecule has 12 heteroatoms. The van der Waals surface area contributed by atoms with Crippen molar-refractivity contribution in [2.45, 2.75) is 31.2 Å². The number of sulfonamides is 1. The fourth-order valence-corrected chi connectivity index (χ4v) is 5.79. The van der Waals surface area contributed by atoms with Crippen molar-refractivity contribution in [3.8, 4) is 0 Å². The van der Waals surface area contributed by atoms with E-state index in [1.165, 1.54) is 34.1 Å². The van der Waals surface area contributed by atoms with E-state index in [0.717, 1.165) is 5.56 Å². The van der Waals surface area contributed by atoms with Crippen LogP contribution < -0.4 is 5.32 Å². The number of carbonyl (C=O) groups excluding carboxylic acids is 1. The van der Waals surface area contributed by atoms with Crippen LogP contribution in [0.25, 0.3) is 0 Å². The van der Waals surface area contributed by atoms with E-state index in [1.54, 1.807) is 10.9 Å². The lowest BCUT2D eigenvalue weighted by molar-refractivity contribution is -0.384. The molecule has 2 heterocycles.